The molecule has 0 N–H and O–H groups in total. The summed E-state index contributed by atoms with van der Waals surface area (Å²) in [5.74, 6) is 0.255. The van der Waals surface area contributed by atoms with Gasteiger partial charge in [0.05, 0.1) is 0 Å². The van der Waals surface area contributed by atoms with Gasteiger partial charge in [-0.2, -0.15) is 0 Å². The molecular formula is C13H22O. The lowest BCUT2D eigenvalue weighted by Crippen LogP contribution is -1.98. The van der Waals surface area contributed by atoms with Gasteiger partial charge in [-0.3, -0.25) is 0 Å². The van der Waals surface area contributed by atoms with Gasteiger partial charge in [0.15, 0.2) is 0 Å². The Kier molecular flexibility index (Phi) is 9.61. The van der Waals surface area contributed by atoms with Crippen molar-refractivity contribution in [3.05, 3.63) is 24.3 Å². The van der Waals surface area contributed by atoms with Crippen LogP contribution in [0.25, 0.3) is 0 Å². The van der Waals surface area contributed by atoms with Crippen molar-refractivity contribution >= 4 is 6.29 Å². The molecule has 0 aliphatic carbocycles. The number of carbonyl (C=O) groups is 1. The zero-order valence-corrected chi connectivity index (χ0v) is 9.41. The Bertz CT molecular complexity index is 180. The molecule has 0 fully saturated rings. The van der Waals surface area contributed by atoms with Crippen molar-refractivity contribution < 1.29 is 4.79 Å². The zero-order chi connectivity index (χ0) is 10.6. The Morgan fingerprint density at radius 3 is 2.36 bits per heavy atom. The maximum atomic E-state index is 10.5. The number of hydrogen-bond acceptors (Lipinski definition) is 1. The fraction of sp³-hybridized carbons (Fsp3) is 0.615. The van der Waals surface area contributed by atoms with Gasteiger partial charge < -0.3 is 4.79 Å². The first-order chi connectivity index (χ1) is 6.85. The van der Waals surface area contributed by atoms with Crippen LogP contribution >= 0.6 is 0 Å². The van der Waals surface area contributed by atoms with Crippen LogP contribution in [0.1, 0.15) is 46.0 Å². The summed E-state index contributed by atoms with van der Waals surface area (Å²) in [6, 6.07) is 0. The van der Waals surface area contributed by atoms with Crippen LogP contribution in [-0.2, 0) is 4.79 Å². The van der Waals surface area contributed by atoms with Gasteiger partial charge in [-0.15, -0.1) is 0 Å². The third kappa shape index (κ3) is 7.78. The summed E-state index contributed by atoms with van der Waals surface area (Å²) in [5.41, 5.74) is 0. The number of allylic oxidation sites excluding steroid dienone is 4. The second kappa shape index (κ2) is 10.2. The first-order valence-electron chi connectivity index (χ1n) is 5.60. The molecule has 1 nitrogen and oxygen atoms in total. The van der Waals surface area contributed by atoms with Crippen LogP contribution in [0.15, 0.2) is 24.3 Å². The molecule has 80 valence electrons. The van der Waals surface area contributed by atoms with E-state index in [-0.39, 0.29) is 5.92 Å². The highest BCUT2D eigenvalue weighted by Crippen LogP contribution is 2.08. The van der Waals surface area contributed by atoms with Crippen molar-refractivity contribution in [2.75, 3.05) is 0 Å². The van der Waals surface area contributed by atoms with Gasteiger partial charge in [-0.05, 0) is 32.1 Å². The molecule has 1 heteroatoms. The first kappa shape index (κ1) is 13.2. The average molecular weight is 194 g/mol. The van der Waals surface area contributed by atoms with E-state index in [4.69, 9.17) is 0 Å². The van der Waals surface area contributed by atoms with Crippen molar-refractivity contribution in [3.63, 3.8) is 0 Å². The Morgan fingerprint density at radius 2 is 1.79 bits per heavy atom. The normalized spacial score (nSPS) is 13.9. The van der Waals surface area contributed by atoms with E-state index >= 15 is 0 Å². The van der Waals surface area contributed by atoms with E-state index in [0.717, 1.165) is 38.4 Å². The highest BCUT2D eigenvalue weighted by Gasteiger charge is 2.00. The quantitative estimate of drug-likeness (QED) is 0.423. The van der Waals surface area contributed by atoms with Gasteiger partial charge in [0.1, 0.15) is 6.29 Å². The van der Waals surface area contributed by atoms with Gasteiger partial charge in [0.2, 0.25) is 0 Å². The Balaban J connectivity index is 3.42. The van der Waals surface area contributed by atoms with Gasteiger partial charge in [-0.25, -0.2) is 0 Å². The van der Waals surface area contributed by atoms with Crippen molar-refractivity contribution in [1.29, 1.82) is 0 Å². The van der Waals surface area contributed by atoms with E-state index in [9.17, 15) is 4.79 Å². The lowest BCUT2D eigenvalue weighted by molar-refractivity contribution is -0.111. The van der Waals surface area contributed by atoms with Crippen molar-refractivity contribution in [3.8, 4) is 0 Å². The van der Waals surface area contributed by atoms with E-state index < -0.39 is 0 Å². The molecule has 1 unspecified atom stereocenters. The third-order valence-electron chi connectivity index (χ3n) is 2.26. The number of carbonyl (C=O) groups excluding carboxylic acids is 1. The van der Waals surface area contributed by atoms with Gasteiger partial charge in [0.25, 0.3) is 0 Å². The topological polar surface area (TPSA) is 17.1 Å². The average Bonchev–Trinajstić information content (AvgIpc) is 2.22. The van der Waals surface area contributed by atoms with Crippen molar-refractivity contribution in [2.24, 2.45) is 5.92 Å². The van der Waals surface area contributed by atoms with Crippen LogP contribution in [0.3, 0.4) is 0 Å². The maximum Gasteiger partial charge on any atom is 0.123 e. The lowest BCUT2D eigenvalue weighted by atomic mass is 10.0. The molecule has 0 radical (unpaired) electrons. The molecule has 0 saturated carbocycles. The molecule has 14 heavy (non-hydrogen) atoms. The van der Waals surface area contributed by atoms with Gasteiger partial charge in [0, 0.05) is 5.92 Å². The number of rotatable bonds is 8. The maximum absolute atomic E-state index is 10.5. The van der Waals surface area contributed by atoms with E-state index in [2.05, 4.69) is 38.2 Å². The standard InChI is InChI=1S/C13H22O/c1-3-5-6-7-8-9-10-11-13(4-2)12-14/h5-6,8-9,12-13H,3-4,7,10-11H2,1-2H3. The van der Waals surface area contributed by atoms with Gasteiger partial charge in [-0.1, -0.05) is 38.2 Å². The molecule has 0 spiro atoms. The molecule has 0 aliphatic heterocycles. The van der Waals surface area contributed by atoms with Crippen LogP contribution in [0.4, 0.5) is 0 Å². The van der Waals surface area contributed by atoms with Crippen LogP contribution < -0.4 is 0 Å². The Labute approximate surface area is 87.9 Å². The summed E-state index contributed by atoms with van der Waals surface area (Å²) in [4.78, 5) is 10.5. The van der Waals surface area contributed by atoms with E-state index in [1.807, 2.05) is 0 Å². The Morgan fingerprint density at radius 1 is 1.07 bits per heavy atom. The smallest absolute Gasteiger partial charge is 0.123 e. The summed E-state index contributed by atoms with van der Waals surface area (Å²) < 4.78 is 0. The second-order valence-corrected chi connectivity index (χ2v) is 3.47. The number of hydrogen-bond donors (Lipinski definition) is 0. The third-order valence-corrected chi connectivity index (χ3v) is 2.26. The number of aldehydes is 1. The largest absolute Gasteiger partial charge is 0.303 e. The molecule has 0 heterocycles. The van der Waals surface area contributed by atoms with E-state index in [0.29, 0.717) is 0 Å². The minimum Gasteiger partial charge on any atom is -0.303 e. The predicted molar refractivity (Wildman–Crippen MR) is 62.3 cm³/mol. The Hall–Kier alpha value is -0.850. The molecule has 0 aromatic carbocycles. The van der Waals surface area contributed by atoms with Crippen molar-refractivity contribution in [1.82, 2.24) is 0 Å². The summed E-state index contributed by atoms with van der Waals surface area (Å²) in [7, 11) is 0. The molecule has 0 aliphatic rings. The SMILES string of the molecule is CCC=CCC=CCCC(C=O)CC. The fourth-order valence-corrected chi connectivity index (χ4v) is 1.23. The molecule has 1 atom stereocenters. The lowest BCUT2D eigenvalue weighted by Gasteiger charge is -2.02. The summed E-state index contributed by atoms with van der Waals surface area (Å²) in [5, 5.41) is 0. The summed E-state index contributed by atoms with van der Waals surface area (Å²) in [6.07, 6.45) is 14.9. The summed E-state index contributed by atoms with van der Waals surface area (Å²) in [6.45, 7) is 4.20. The van der Waals surface area contributed by atoms with E-state index in [1.54, 1.807) is 0 Å². The fourth-order valence-electron chi connectivity index (χ4n) is 1.23. The summed E-state index contributed by atoms with van der Waals surface area (Å²) >= 11 is 0. The first-order valence-corrected chi connectivity index (χ1v) is 5.60. The van der Waals surface area contributed by atoms with Crippen molar-refractivity contribution in [2.45, 2.75) is 46.0 Å². The molecule has 0 saturated heterocycles. The minimum atomic E-state index is 0.255. The highest BCUT2D eigenvalue weighted by atomic mass is 16.1. The van der Waals surface area contributed by atoms with Gasteiger partial charge >= 0.3 is 0 Å². The molecule has 0 amide bonds. The van der Waals surface area contributed by atoms with Crippen LogP contribution in [-0.4, -0.2) is 6.29 Å². The second-order valence-electron chi connectivity index (χ2n) is 3.47. The van der Waals surface area contributed by atoms with E-state index in [1.165, 1.54) is 0 Å². The zero-order valence-electron chi connectivity index (χ0n) is 9.41. The molecule has 0 aromatic heterocycles. The molecule has 0 bridgehead atoms. The van der Waals surface area contributed by atoms with Crippen LogP contribution in [0.2, 0.25) is 0 Å². The predicted octanol–water partition coefficient (Wildman–Crippen LogP) is 3.90. The van der Waals surface area contributed by atoms with Crippen LogP contribution in [0.5, 0.6) is 0 Å². The minimum absolute atomic E-state index is 0.255. The molecule has 0 rings (SSSR count). The van der Waals surface area contributed by atoms with Crippen LogP contribution in [0, 0.1) is 5.92 Å². The highest BCUT2D eigenvalue weighted by molar-refractivity contribution is 5.53. The molecular weight excluding hydrogens is 172 g/mol. The monoisotopic (exact) mass is 194 g/mol. The molecule has 0 aromatic rings.